The second-order valence-electron chi connectivity index (χ2n) is 5.71. The van der Waals surface area contributed by atoms with E-state index in [9.17, 15) is 4.79 Å². The van der Waals surface area contributed by atoms with Crippen molar-refractivity contribution in [2.75, 3.05) is 7.11 Å². The molecule has 1 aromatic heterocycles. The molecule has 118 valence electrons. The number of hydrogen-bond acceptors (Lipinski definition) is 2. The molecular formula is C19H20N2O2. The molecule has 0 unspecified atom stereocenters. The molecule has 3 aromatic rings. The predicted octanol–water partition coefficient (Wildman–Crippen LogP) is 3.98. The van der Waals surface area contributed by atoms with E-state index in [1.807, 2.05) is 62.4 Å². The highest BCUT2D eigenvalue weighted by atomic mass is 16.5. The predicted molar refractivity (Wildman–Crippen MR) is 91.9 cm³/mol. The first-order chi connectivity index (χ1) is 11.1. The van der Waals surface area contributed by atoms with Gasteiger partial charge in [-0.3, -0.25) is 4.79 Å². The zero-order valence-corrected chi connectivity index (χ0v) is 13.5. The molecule has 3 rings (SSSR count). The average molecular weight is 308 g/mol. The number of amides is 1. The summed E-state index contributed by atoms with van der Waals surface area (Å²) in [6, 6.07) is 15.5. The summed E-state index contributed by atoms with van der Waals surface area (Å²) in [6.45, 7) is 3.98. The summed E-state index contributed by atoms with van der Waals surface area (Å²) in [4.78, 5) is 15.6. The van der Waals surface area contributed by atoms with Crippen molar-refractivity contribution in [2.45, 2.75) is 19.9 Å². The topological polar surface area (TPSA) is 54.1 Å². The summed E-state index contributed by atoms with van der Waals surface area (Å²) in [5, 5.41) is 4.05. The van der Waals surface area contributed by atoms with E-state index in [-0.39, 0.29) is 11.9 Å². The maximum Gasteiger partial charge on any atom is 0.268 e. The number of fused-ring (bicyclic) bond motifs is 1. The van der Waals surface area contributed by atoms with Crippen molar-refractivity contribution in [1.29, 1.82) is 0 Å². The first-order valence-electron chi connectivity index (χ1n) is 7.61. The highest BCUT2D eigenvalue weighted by Gasteiger charge is 2.16. The Morgan fingerprint density at radius 2 is 1.96 bits per heavy atom. The van der Waals surface area contributed by atoms with Crippen molar-refractivity contribution >= 4 is 16.8 Å². The van der Waals surface area contributed by atoms with Gasteiger partial charge in [-0.05, 0) is 32.0 Å². The van der Waals surface area contributed by atoms with Crippen LogP contribution in [0.5, 0.6) is 5.75 Å². The first kappa shape index (κ1) is 15.2. The van der Waals surface area contributed by atoms with Gasteiger partial charge in [0.05, 0.1) is 13.2 Å². The Balaban J connectivity index is 1.83. The fourth-order valence-electron chi connectivity index (χ4n) is 2.74. The Kier molecular flexibility index (Phi) is 4.06. The minimum Gasteiger partial charge on any atom is -0.496 e. The number of carbonyl (C=O) groups excluding carboxylic acids is 1. The molecule has 2 N–H and O–H groups in total. The molecule has 4 heteroatoms. The lowest BCUT2D eigenvalue weighted by atomic mass is 10.0. The number of ether oxygens (including phenoxy) is 1. The van der Waals surface area contributed by atoms with Crippen LogP contribution in [0.4, 0.5) is 0 Å². The van der Waals surface area contributed by atoms with Gasteiger partial charge in [0.25, 0.3) is 5.91 Å². The van der Waals surface area contributed by atoms with Crippen LogP contribution in [0.3, 0.4) is 0 Å². The zero-order valence-electron chi connectivity index (χ0n) is 13.5. The molecule has 23 heavy (non-hydrogen) atoms. The van der Waals surface area contributed by atoms with Crippen molar-refractivity contribution in [1.82, 2.24) is 10.3 Å². The Hall–Kier alpha value is -2.75. The maximum atomic E-state index is 12.5. The lowest BCUT2D eigenvalue weighted by Crippen LogP contribution is -2.27. The number of hydrogen-bond donors (Lipinski definition) is 2. The molecular weight excluding hydrogens is 288 g/mol. The Bertz CT molecular complexity index is 818. The number of aryl methyl sites for hydroxylation is 1. The molecule has 1 amide bonds. The van der Waals surface area contributed by atoms with Gasteiger partial charge in [-0.15, -0.1) is 0 Å². The molecule has 0 aliphatic carbocycles. The number of rotatable bonds is 4. The SMILES string of the molecule is COc1ccc(C)cc1[C@H](C)NC(=O)c1cc2ccccc2[nH]1. The van der Waals surface area contributed by atoms with Gasteiger partial charge >= 0.3 is 0 Å². The third-order valence-corrected chi connectivity index (χ3v) is 3.97. The van der Waals surface area contributed by atoms with Gasteiger partial charge in [0, 0.05) is 16.5 Å². The van der Waals surface area contributed by atoms with Gasteiger partial charge in [0.1, 0.15) is 11.4 Å². The molecule has 4 nitrogen and oxygen atoms in total. The average Bonchev–Trinajstić information content (AvgIpc) is 2.99. The fraction of sp³-hybridized carbons (Fsp3) is 0.211. The summed E-state index contributed by atoms with van der Waals surface area (Å²) < 4.78 is 5.40. The highest BCUT2D eigenvalue weighted by molar-refractivity contribution is 5.98. The van der Waals surface area contributed by atoms with Crippen molar-refractivity contribution in [3.05, 3.63) is 65.4 Å². The summed E-state index contributed by atoms with van der Waals surface area (Å²) in [5.41, 5.74) is 3.62. The van der Waals surface area contributed by atoms with E-state index in [1.54, 1.807) is 7.11 Å². The van der Waals surface area contributed by atoms with E-state index in [0.29, 0.717) is 5.69 Å². The van der Waals surface area contributed by atoms with Gasteiger partial charge in [0.15, 0.2) is 0 Å². The number of nitrogens with one attached hydrogen (secondary N) is 2. The minimum absolute atomic E-state index is 0.128. The number of carbonyl (C=O) groups is 1. The Morgan fingerprint density at radius 1 is 1.17 bits per heavy atom. The number of aromatic amines is 1. The lowest BCUT2D eigenvalue weighted by Gasteiger charge is -2.17. The zero-order chi connectivity index (χ0) is 16.4. The van der Waals surface area contributed by atoms with E-state index in [1.165, 1.54) is 0 Å². The molecule has 0 aliphatic heterocycles. The summed E-state index contributed by atoms with van der Waals surface area (Å²) in [6.07, 6.45) is 0. The monoisotopic (exact) mass is 308 g/mol. The standard InChI is InChI=1S/C19H20N2O2/c1-12-8-9-18(23-3)15(10-12)13(2)20-19(22)17-11-14-6-4-5-7-16(14)21-17/h4-11,13,21H,1-3H3,(H,20,22)/t13-/m0/s1. The molecule has 0 saturated carbocycles. The molecule has 0 fully saturated rings. The number of benzene rings is 2. The molecule has 0 radical (unpaired) electrons. The summed E-state index contributed by atoms with van der Waals surface area (Å²) >= 11 is 0. The Morgan fingerprint density at radius 3 is 2.70 bits per heavy atom. The molecule has 0 bridgehead atoms. The van der Waals surface area contributed by atoms with E-state index in [2.05, 4.69) is 10.3 Å². The molecule has 2 aromatic carbocycles. The van der Waals surface area contributed by atoms with E-state index in [4.69, 9.17) is 4.74 Å². The van der Waals surface area contributed by atoms with Gasteiger partial charge in [-0.1, -0.05) is 35.9 Å². The molecule has 1 heterocycles. The van der Waals surface area contributed by atoms with Crippen molar-refractivity contribution in [3.63, 3.8) is 0 Å². The van der Waals surface area contributed by atoms with Gasteiger partial charge in [0.2, 0.25) is 0 Å². The Labute approximate surface area is 135 Å². The van der Waals surface area contributed by atoms with Crippen LogP contribution in [0.25, 0.3) is 10.9 Å². The smallest absolute Gasteiger partial charge is 0.268 e. The highest BCUT2D eigenvalue weighted by Crippen LogP contribution is 2.26. The van der Waals surface area contributed by atoms with E-state index in [0.717, 1.165) is 27.8 Å². The number of aromatic nitrogens is 1. The summed E-state index contributed by atoms with van der Waals surface area (Å²) in [5.74, 6) is 0.650. The number of H-pyrrole nitrogens is 1. The quantitative estimate of drug-likeness (QED) is 0.766. The third kappa shape index (κ3) is 3.06. The molecule has 0 saturated heterocycles. The second kappa shape index (κ2) is 6.16. The number of para-hydroxylation sites is 1. The van der Waals surface area contributed by atoms with Crippen LogP contribution in [0.15, 0.2) is 48.5 Å². The van der Waals surface area contributed by atoms with Gasteiger partial charge < -0.3 is 15.0 Å². The second-order valence-corrected chi connectivity index (χ2v) is 5.71. The largest absolute Gasteiger partial charge is 0.496 e. The van der Waals surface area contributed by atoms with Crippen molar-refractivity contribution in [2.24, 2.45) is 0 Å². The first-order valence-corrected chi connectivity index (χ1v) is 7.61. The van der Waals surface area contributed by atoms with Crippen LogP contribution in [0, 0.1) is 6.92 Å². The van der Waals surface area contributed by atoms with Crippen molar-refractivity contribution < 1.29 is 9.53 Å². The normalized spacial score (nSPS) is 12.1. The summed E-state index contributed by atoms with van der Waals surface area (Å²) in [7, 11) is 1.64. The van der Waals surface area contributed by atoms with Crippen molar-refractivity contribution in [3.8, 4) is 5.75 Å². The number of methoxy groups -OCH3 is 1. The van der Waals surface area contributed by atoms with Crippen LogP contribution in [-0.2, 0) is 0 Å². The van der Waals surface area contributed by atoms with Crippen LogP contribution in [0.1, 0.15) is 34.6 Å². The van der Waals surface area contributed by atoms with Crippen LogP contribution < -0.4 is 10.1 Å². The van der Waals surface area contributed by atoms with Crippen LogP contribution in [0.2, 0.25) is 0 Å². The van der Waals surface area contributed by atoms with Crippen LogP contribution >= 0.6 is 0 Å². The molecule has 0 aliphatic rings. The fourth-order valence-corrected chi connectivity index (χ4v) is 2.74. The van der Waals surface area contributed by atoms with E-state index >= 15 is 0 Å². The minimum atomic E-state index is -0.149. The maximum absolute atomic E-state index is 12.5. The van der Waals surface area contributed by atoms with Crippen LogP contribution in [-0.4, -0.2) is 18.0 Å². The third-order valence-electron chi connectivity index (χ3n) is 3.97. The van der Waals surface area contributed by atoms with Gasteiger partial charge in [-0.25, -0.2) is 0 Å². The molecule has 1 atom stereocenters. The van der Waals surface area contributed by atoms with E-state index < -0.39 is 0 Å². The van der Waals surface area contributed by atoms with Gasteiger partial charge in [-0.2, -0.15) is 0 Å². The molecule has 0 spiro atoms. The lowest BCUT2D eigenvalue weighted by molar-refractivity contribution is 0.0935.